The van der Waals surface area contributed by atoms with E-state index in [1.54, 1.807) is 0 Å². The highest BCUT2D eigenvalue weighted by Gasteiger charge is 2.12. The van der Waals surface area contributed by atoms with Crippen molar-refractivity contribution in [3.05, 3.63) is 70.3 Å². The number of benzene rings is 2. The summed E-state index contributed by atoms with van der Waals surface area (Å²) in [6.07, 6.45) is 0. The summed E-state index contributed by atoms with van der Waals surface area (Å²) in [7, 11) is 0. The summed E-state index contributed by atoms with van der Waals surface area (Å²) >= 11 is 0. The van der Waals surface area contributed by atoms with Crippen molar-refractivity contribution in [2.45, 2.75) is 20.8 Å². The molecule has 0 N–H and O–H groups in total. The van der Waals surface area contributed by atoms with E-state index in [-0.39, 0.29) is 5.78 Å². The molecule has 0 fully saturated rings. The van der Waals surface area contributed by atoms with Gasteiger partial charge in [0.05, 0.1) is 0 Å². The number of aryl methyl sites for hydroxylation is 2. The molecule has 0 saturated carbocycles. The van der Waals surface area contributed by atoms with E-state index >= 15 is 0 Å². The normalized spacial score (nSPS) is 10.3. The van der Waals surface area contributed by atoms with E-state index in [2.05, 4.69) is 0 Å². The molecule has 0 aromatic heterocycles. The van der Waals surface area contributed by atoms with E-state index in [1.165, 1.54) is 0 Å². The molecule has 0 aliphatic rings. The Balaban J connectivity index is 2.48. The summed E-state index contributed by atoms with van der Waals surface area (Å²) in [5, 5.41) is 0. The standard InChI is InChI=1S/C16H16O/c1-11-6-4-8-14(10-11)16(17)15-9-5-7-12(2)13(15)3/h4-10H,1-3H3. The summed E-state index contributed by atoms with van der Waals surface area (Å²) in [6, 6.07) is 13.6. The van der Waals surface area contributed by atoms with Crippen LogP contribution in [0.25, 0.3) is 0 Å². The van der Waals surface area contributed by atoms with Crippen molar-refractivity contribution in [3.8, 4) is 0 Å². The summed E-state index contributed by atoms with van der Waals surface area (Å²) < 4.78 is 0. The lowest BCUT2D eigenvalue weighted by Crippen LogP contribution is -2.04. The monoisotopic (exact) mass is 224 g/mol. The molecule has 2 aromatic rings. The van der Waals surface area contributed by atoms with Gasteiger partial charge in [0, 0.05) is 11.1 Å². The summed E-state index contributed by atoms with van der Waals surface area (Å²) in [4.78, 5) is 12.4. The van der Waals surface area contributed by atoms with Gasteiger partial charge in [-0.1, -0.05) is 42.0 Å². The lowest BCUT2D eigenvalue weighted by molar-refractivity contribution is 0.103. The molecule has 86 valence electrons. The van der Waals surface area contributed by atoms with Crippen LogP contribution >= 0.6 is 0 Å². The van der Waals surface area contributed by atoms with Gasteiger partial charge in [0.25, 0.3) is 0 Å². The van der Waals surface area contributed by atoms with E-state index in [4.69, 9.17) is 0 Å². The lowest BCUT2D eigenvalue weighted by atomic mass is 9.95. The molecule has 0 atom stereocenters. The number of hydrogen-bond donors (Lipinski definition) is 0. The van der Waals surface area contributed by atoms with Crippen LogP contribution in [-0.4, -0.2) is 5.78 Å². The second kappa shape index (κ2) is 4.54. The fourth-order valence-electron chi connectivity index (χ4n) is 1.94. The minimum absolute atomic E-state index is 0.106. The predicted molar refractivity (Wildman–Crippen MR) is 70.5 cm³/mol. The van der Waals surface area contributed by atoms with E-state index in [1.807, 2.05) is 63.2 Å². The molecule has 2 aromatic carbocycles. The van der Waals surface area contributed by atoms with Crippen LogP contribution in [0.3, 0.4) is 0 Å². The van der Waals surface area contributed by atoms with Gasteiger partial charge in [0.1, 0.15) is 0 Å². The zero-order chi connectivity index (χ0) is 12.4. The number of ketones is 1. The first-order chi connectivity index (χ1) is 8.09. The smallest absolute Gasteiger partial charge is 0.193 e. The Morgan fingerprint density at radius 3 is 2.35 bits per heavy atom. The third kappa shape index (κ3) is 2.28. The maximum Gasteiger partial charge on any atom is 0.193 e. The van der Waals surface area contributed by atoms with Gasteiger partial charge in [0.2, 0.25) is 0 Å². The van der Waals surface area contributed by atoms with Crippen molar-refractivity contribution in [3.63, 3.8) is 0 Å². The maximum atomic E-state index is 12.4. The Hall–Kier alpha value is -1.89. The molecule has 0 radical (unpaired) electrons. The van der Waals surface area contributed by atoms with Crippen molar-refractivity contribution < 1.29 is 4.79 Å². The Bertz CT molecular complexity index is 567. The molecule has 0 unspecified atom stereocenters. The molecule has 0 spiro atoms. The third-order valence-corrected chi connectivity index (χ3v) is 3.13. The molecule has 0 aliphatic carbocycles. The maximum absolute atomic E-state index is 12.4. The van der Waals surface area contributed by atoms with Crippen molar-refractivity contribution in [1.82, 2.24) is 0 Å². The molecule has 17 heavy (non-hydrogen) atoms. The van der Waals surface area contributed by atoms with Crippen LogP contribution in [0.2, 0.25) is 0 Å². The Morgan fingerprint density at radius 1 is 0.941 bits per heavy atom. The molecule has 1 nitrogen and oxygen atoms in total. The van der Waals surface area contributed by atoms with E-state index in [0.717, 1.165) is 27.8 Å². The van der Waals surface area contributed by atoms with Crippen LogP contribution in [0.1, 0.15) is 32.6 Å². The highest BCUT2D eigenvalue weighted by Crippen LogP contribution is 2.17. The third-order valence-electron chi connectivity index (χ3n) is 3.13. The van der Waals surface area contributed by atoms with E-state index < -0.39 is 0 Å². The fourth-order valence-corrected chi connectivity index (χ4v) is 1.94. The first-order valence-electron chi connectivity index (χ1n) is 5.77. The second-order valence-electron chi connectivity index (χ2n) is 4.45. The van der Waals surface area contributed by atoms with Crippen LogP contribution in [0.15, 0.2) is 42.5 Å². The van der Waals surface area contributed by atoms with Crippen molar-refractivity contribution in [1.29, 1.82) is 0 Å². The average Bonchev–Trinajstić information content (AvgIpc) is 2.32. The predicted octanol–water partition coefficient (Wildman–Crippen LogP) is 3.84. The molecule has 0 bridgehead atoms. The molecule has 0 amide bonds. The first kappa shape index (κ1) is 11.6. The zero-order valence-electron chi connectivity index (χ0n) is 10.4. The molecule has 2 rings (SSSR count). The summed E-state index contributed by atoms with van der Waals surface area (Å²) in [5.41, 5.74) is 4.90. The van der Waals surface area contributed by atoms with Gasteiger partial charge in [-0.15, -0.1) is 0 Å². The molecule has 0 aliphatic heterocycles. The minimum Gasteiger partial charge on any atom is -0.289 e. The van der Waals surface area contributed by atoms with Crippen LogP contribution in [0.5, 0.6) is 0 Å². The Kier molecular flexibility index (Phi) is 3.10. The largest absolute Gasteiger partial charge is 0.289 e. The Morgan fingerprint density at radius 2 is 1.65 bits per heavy atom. The quantitative estimate of drug-likeness (QED) is 0.708. The van der Waals surface area contributed by atoms with Gasteiger partial charge in [-0.05, 0) is 38.0 Å². The molecular formula is C16H16O. The van der Waals surface area contributed by atoms with Gasteiger partial charge in [-0.2, -0.15) is 0 Å². The van der Waals surface area contributed by atoms with Gasteiger partial charge in [-0.3, -0.25) is 4.79 Å². The van der Waals surface area contributed by atoms with E-state index in [9.17, 15) is 4.79 Å². The fraction of sp³-hybridized carbons (Fsp3) is 0.188. The molecular weight excluding hydrogens is 208 g/mol. The highest BCUT2D eigenvalue weighted by atomic mass is 16.1. The van der Waals surface area contributed by atoms with Crippen LogP contribution < -0.4 is 0 Å². The van der Waals surface area contributed by atoms with Crippen molar-refractivity contribution in [2.75, 3.05) is 0 Å². The Labute approximate surface area is 102 Å². The first-order valence-corrected chi connectivity index (χ1v) is 5.77. The lowest BCUT2D eigenvalue weighted by Gasteiger charge is -2.08. The van der Waals surface area contributed by atoms with Crippen LogP contribution in [0, 0.1) is 20.8 Å². The van der Waals surface area contributed by atoms with Gasteiger partial charge >= 0.3 is 0 Å². The zero-order valence-corrected chi connectivity index (χ0v) is 10.4. The van der Waals surface area contributed by atoms with Crippen LogP contribution in [-0.2, 0) is 0 Å². The van der Waals surface area contributed by atoms with Gasteiger partial charge in [-0.25, -0.2) is 0 Å². The highest BCUT2D eigenvalue weighted by molar-refractivity contribution is 6.10. The van der Waals surface area contributed by atoms with Crippen molar-refractivity contribution >= 4 is 5.78 Å². The number of carbonyl (C=O) groups is 1. The summed E-state index contributed by atoms with van der Waals surface area (Å²) in [6.45, 7) is 6.03. The molecule has 1 heteroatoms. The van der Waals surface area contributed by atoms with E-state index in [0.29, 0.717) is 0 Å². The topological polar surface area (TPSA) is 17.1 Å². The average molecular weight is 224 g/mol. The molecule has 0 saturated heterocycles. The number of rotatable bonds is 2. The van der Waals surface area contributed by atoms with Crippen molar-refractivity contribution in [2.24, 2.45) is 0 Å². The summed E-state index contributed by atoms with van der Waals surface area (Å²) in [5.74, 6) is 0.106. The minimum atomic E-state index is 0.106. The SMILES string of the molecule is Cc1cccc(C(=O)c2cccc(C)c2C)c1. The second-order valence-corrected chi connectivity index (χ2v) is 4.45. The number of carbonyl (C=O) groups excluding carboxylic acids is 1. The number of hydrogen-bond acceptors (Lipinski definition) is 1. The van der Waals surface area contributed by atoms with Gasteiger partial charge < -0.3 is 0 Å². The molecule has 0 heterocycles. The van der Waals surface area contributed by atoms with Crippen LogP contribution in [0.4, 0.5) is 0 Å². The van der Waals surface area contributed by atoms with Gasteiger partial charge in [0.15, 0.2) is 5.78 Å².